The SMILES string of the molecule is CC(O)c1cc(Cl)cc(NC(=S)Nc2ccccc2)c1O. The molecule has 0 aliphatic heterocycles. The molecule has 0 spiro atoms. The van der Waals surface area contributed by atoms with Crippen molar-refractivity contribution < 1.29 is 10.2 Å². The molecule has 0 saturated carbocycles. The van der Waals surface area contributed by atoms with E-state index in [0.29, 0.717) is 21.4 Å². The molecule has 4 N–H and O–H groups in total. The molecule has 0 amide bonds. The zero-order valence-electron chi connectivity index (χ0n) is 11.3. The summed E-state index contributed by atoms with van der Waals surface area (Å²) in [6.45, 7) is 1.55. The molecule has 0 aromatic heterocycles. The fourth-order valence-electron chi connectivity index (χ4n) is 1.84. The van der Waals surface area contributed by atoms with Gasteiger partial charge in [0.1, 0.15) is 5.75 Å². The van der Waals surface area contributed by atoms with Crippen molar-refractivity contribution >= 4 is 40.3 Å². The number of aliphatic hydroxyl groups excluding tert-OH is 1. The van der Waals surface area contributed by atoms with Crippen LogP contribution in [0.1, 0.15) is 18.6 Å². The molecule has 110 valence electrons. The maximum Gasteiger partial charge on any atom is 0.175 e. The van der Waals surface area contributed by atoms with Gasteiger partial charge in [0.15, 0.2) is 5.11 Å². The Bertz CT molecular complexity index is 648. The first-order valence-corrected chi connectivity index (χ1v) is 7.09. The van der Waals surface area contributed by atoms with Crippen LogP contribution < -0.4 is 10.6 Å². The first-order valence-electron chi connectivity index (χ1n) is 6.31. The molecule has 0 fully saturated rings. The minimum atomic E-state index is -0.833. The third-order valence-corrected chi connectivity index (χ3v) is 3.26. The Balaban J connectivity index is 2.18. The van der Waals surface area contributed by atoms with Crippen LogP contribution in [0.5, 0.6) is 5.75 Å². The zero-order valence-corrected chi connectivity index (χ0v) is 12.9. The molecule has 2 aromatic rings. The molecule has 1 unspecified atom stereocenters. The Kier molecular flexibility index (Phi) is 5.01. The Labute approximate surface area is 133 Å². The second-order valence-electron chi connectivity index (χ2n) is 4.51. The normalized spacial score (nSPS) is 11.8. The van der Waals surface area contributed by atoms with Crippen LogP contribution in [0.4, 0.5) is 11.4 Å². The first-order chi connectivity index (χ1) is 9.97. The fraction of sp³-hybridized carbons (Fsp3) is 0.133. The van der Waals surface area contributed by atoms with Gasteiger partial charge < -0.3 is 20.8 Å². The Morgan fingerprint density at radius 3 is 2.48 bits per heavy atom. The summed E-state index contributed by atoms with van der Waals surface area (Å²) in [6, 6.07) is 12.5. The van der Waals surface area contributed by atoms with Crippen molar-refractivity contribution in [1.82, 2.24) is 0 Å². The molecule has 0 heterocycles. The minimum absolute atomic E-state index is 0.0772. The van der Waals surface area contributed by atoms with Crippen LogP contribution >= 0.6 is 23.8 Å². The lowest BCUT2D eigenvalue weighted by atomic mass is 10.1. The van der Waals surface area contributed by atoms with Crippen molar-refractivity contribution in [2.24, 2.45) is 0 Å². The average molecular weight is 323 g/mol. The number of para-hydroxylation sites is 1. The highest BCUT2D eigenvalue weighted by molar-refractivity contribution is 7.80. The van der Waals surface area contributed by atoms with Crippen LogP contribution in [0.3, 0.4) is 0 Å². The number of phenols is 1. The summed E-state index contributed by atoms with van der Waals surface area (Å²) in [6.07, 6.45) is -0.833. The van der Waals surface area contributed by atoms with E-state index >= 15 is 0 Å². The highest BCUT2D eigenvalue weighted by Crippen LogP contribution is 2.35. The van der Waals surface area contributed by atoms with Gasteiger partial charge in [-0.05, 0) is 43.4 Å². The Morgan fingerprint density at radius 1 is 1.19 bits per heavy atom. The van der Waals surface area contributed by atoms with Crippen molar-refractivity contribution in [2.45, 2.75) is 13.0 Å². The van der Waals surface area contributed by atoms with E-state index < -0.39 is 6.10 Å². The van der Waals surface area contributed by atoms with Gasteiger partial charge in [-0.15, -0.1) is 0 Å². The van der Waals surface area contributed by atoms with Crippen LogP contribution in [0.15, 0.2) is 42.5 Å². The molecule has 1 atom stereocenters. The summed E-state index contributed by atoms with van der Waals surface area (Å²) in [7, 11) is 0. The van der Waals surface area contributed by atoms with Crippen molar-refractivity contribution in [3.8, 4) is 5.75 Å². The summed E-state index contributed by atoms with van der Waals surface area (Å²) < 4.78 is 0. The van der Waals surface area contributed by atoms with E-state index in [4.69, 9.17) is 23.8 Å². The minimum Gasteiger partial charge on any atom is -0.505 e. The van der Waals surface area contributed by atoms with Gasteiger partial charge in [-0.2, -0.15) is 0 Å². The maximum absolute atomic E-state index is 10.1. The smallest absolute Gasteiger partial charge is 0.175 e. The highest BCUT2D eigenvalue weighted by Gasteiger charge is 2.14. The number of hydrogen-bond donors (Lipinski definition) is 4. The number of benzene rings is 2. The first kappa shape index (κ1) is 15.6. The summed E-state index contributed by atoms with van der Waals surface area (Å²) >= 11 is 11.2. The molecule has 0 saturated heterocycles. The summed E-state index contributed by atoms with van der Waals surface area (Å²) in [5.74, 6) is -0.0772. The fourth-order valence-corrected chi connectivity index (χ4v) is 2.29. The van der Waals surface area contributed by atoms with Crippen LogP contribution in [0, 0.1) is 0 Å². The number of halogens is 1. The van der Waals surface area contributed by atoms with Gasteiger partial charge in [0.25, 0.3) is 0 Å². The van der Waals surface area contributed by atoms with Crippen LogP contribution in [-0.4, -0.2) is 15.3 Å². The van der Waals surface area contributed by atoms with Gasteiger partial charge in [-0.25, -0.2) is 0 Å². The Morgan fingerprint density at radius 2 is 1.86 bits per heavy atom. The molecule has 2 aromatic carbocycles. The lowest BCUT2D eigenvalue weighted by Crippen LogP contribution is -2.19. The van der Waals surface area contributed by atoms with Gasteiger partial charge in [-0.3, -0.25) is 0 Å². The zero-order chi connectivity index (χ0) is 15.4. The molecule has 6 heteroatoms. The maximum atomic E-state index is 10.1. The third-order valence-electron chi connectivity index (χ3n) is 2.83. The lowest BCUT2D eigenvalue weighted by Gasteiger charge is -2.15. The van der Waals surface area contributed by atoms with Crippen molar-refractivity contribution in [3.05, 3.63) is 53.1 Å². The number of aliphatic hydroxyl groups is 1. The average Bonchev–Trinajstić information content (AvgIpc) is 2.43. The third kappa shape index (κ3) is 4.07. The van der Waals surface area contributed by atoms with E-state index in [1.165, 1.54) is 6.07 Å². The van der Waals surface area contributed by atoms with E-state index in [-0.39, 0.29) is 5.75 Å². The van der Waals surface area contributed by atoms with Gasteiger partial charge in [0.2, 0.25) is 0 Å². The van der Waals surface area contributed by atoms with Gasteiger partial charge in [-0.1, -0.05) is 29.8 Å². The molecule has 0 aliphatic carbocycles. The van der Waals surface area contributed by atoms with Gasteiger partial charge >= 0.3 is 0 Å². The van der Waals surface area contributed by atoms with Crippen molar-refractivity contribution in [2.75, 3.05) is 10.6 Å². The van der Waals surface area contributed by atoms with E-state index in [1.54, 1.807) is 13.0 Å². The number of nitrogens with one attached hydrogen (secondary N) is 2. The summed E-state index contributed by atoms with van der Waals surface area (Å²) in [5.41, 5.74) is 1.51. The number of aromatic hydroxyl groups is 1. The molecule has 21 heavy (non-hydrogen) atoms. The van der Waals surface area contributed by atoms with Crippen molar-refractivity contribution in [3.63, 3.8) is 0 Å². The summed E-state index contributed by atoms with van der Waals surface area (Å²) in [5, 5.41) is 26.3. The van der Waals surface area contributed by atoms with E-state index in [2.05, 4.69) is 10.6 Å². The second-order valence-corrected chi connectivity index (χ2v) is 5.36. The summed E-state index contributed by atoms with van der Waals surface area (Å²) in [4.78, 5) is 0. The highest BCUT2D eigenvalue weighted by atomic mass is 35.5. The number of rotatable bonds is 3. The quantitative estimate of drug-likeness (QED) is 0.510. The molecule has 4 nitrogen and oxygen atoms in total. The number of hydrogen-bond acceptors (Lipinski definition) is 3. The predicted octanol–water partition coefficient (Wildman–Crippen LogP) is 3.91. The number of thiocarbonyl (C=S) groups is 1. The molecular formula is C15H15ClN2O2S. The molecule has 2 rings (SSSR count). The second kappa shape index (κ2) is 6.76. The largest absolute Gasteiger partial charge is 0.505 e. The van der Waals surface area contributed by atoms with Gasteiger partial charge in [0, 0.05) is 16.3 Å². The van der Waals surface area contributed by atoms with E-state index in [0.717, 1.165) is 5.69 Å². The molecule has 0 bridgehead atoms. The lowest BCUT2D eigenvalue weighted by molar-refractivity contribution is 0.195. The monoisotopic (exact) mass is 322 g/mol. The van der Waals surface area contributed by atoms with Crippen molar-refractivity contribution in [1.29, 1.82) is 0 Å². The number of anilines is 2. The van der Waals surface area contributed by atoms with Crippen LogP contribution in [0.25, 0.3) is 0 Å². The van der Waals surface area contributed by atoms with Gasteiger partial charge in [0.05, 0.1) is 11.8 Å². The van der Waals surface area contributed by atoms with Crippen LogP contribution in [0.2, 0.25) is 5.02 Å². The van der Waals surface area contributed by atoms with Crippen LogP contribution in [-0.2, 0) is 0 Å². The number of phenolic OH excluding ortho intramolecular Hbond substituents is 1. The molecular weight excluding hydrogens is 308 g/mol. The van der Waals surface area contributed by atoms with E-state index in [9.17, 15) is 10.2 Å². The predicted molar refractivity (Wildman–Crippen MR) is 90.0 cm³/mol. The molecule has 0 aliphatic rings. The topological polar surface area (TPSA) is 64.5 Å². The Hall–Kier alpha value is -1.82. The standard InChI is InChI=1S/C15H15ClN2O2S/c1-9(19)12-7-10(16)8-13(14(12)20)18-15(21)17-11-5-3-2-4-6-11/h2-9,19-20H,1H3,(H2,17,18,21). The van der Waals surface area contributed by atoms with E-state index in [1.807, 2.05) is 30.3 Å². The molecule has 0 radical (unpaired) electrons.